The molecule has 0 aliphatic rings. The van der Waals surface area contributed by atoms with Crippen LogP contribution in [-0.2, 0) is 9.59 Å². The van der Waals surface area contributed by atoms with Crippen LogP contribution >= 0.6 is 0 Å². The lowest BCUT2D eigenvalue weighted by molar-refractivity contribution is -0.384. The van der Waals surface area contributed by atoms with Gasteiger partial charge >= 0.3 is 11.8 Å². The molecule has 0 saturated carbocycles. The molecule has 7 heteroatoms. The Kier molecular flexibility index (Phi) is 5.26. The van der Waals surface area contributed by atoms with Gasteiger partial charge in [-0.25, -0.2) is 0 Å². The van der Waals surface area contributed by atoms with Gasteiger partial charge in [-0.3, -0.25) is 19.7 Å². The highest BCUT2D eigenvalue weighted by atomic mass is 16.6. The maximum atomic E-state index is 11.9. The van der Waals surface area contributed by atoms with E-state index in [4.69, 9.17) is 0 Å². The van der Waals surface area contributed by atoms with Crippen LogP contribution in [0.2, 0.25) is 0 Å². The summed E-state index contributed by atoms with van der Waals surface area (Å²) in [6.45, 7) is 4.11. The van der Waals surface area contributed by atoms with Crippen LogP contribution < -0.4 is 10.6 Å². The minimum atomic E-state index is -0.900. The predicted molar refractivity (Wildman–Crippen MR) is 90.9 cm³/mol. The number of carbonyl (C=O) groups is 2. The van der Waals surface area contributed by atoms with Crippen LogP contribution in [0, 0.1) is 10.1 Å². The lowest BCUT2D eigenvalue weighted by Crippen LogP contribution is -2.29. The molecule has 0 bridgehead atoms. The number of rotatable bonds is 4. The number of anilines is 2. The van der Waals surface area contributed by atoms with Crippen LogP contribution in [-0.4, -0.2) is 16.7 Å². The van der Waals surface area contributed by atoms with Crippen molar-refractivity contribution in [3.63, 3.8) is 0 Å². The zero-order valence-electron chi connectivity index (χ0n) is 13.3. The number of amides is 2. The van der Waals surface area contributed by atoms with Crippen LogP contribution in [0.1, 0.15) is 25.3 Å². The highest BCUT2D eigenvalue weighted by molar-refractivity contribution is 6.43. The van der Waals surface area contributed by atoms with E-state index in [1.807, 2.05) is 12.1 Å². The number of carbonyl (C=O) groups excluding carboxylic acids is 2. The summed E-state index contributed by atoms with van der Waals surface area (Å²) in [5.41, 5.74) is 1.63. The smallest absolute Gasteiger partial charge is 0.314 e. The first-order valence-corrected chi connectivity index (χ1v) is 7.33. The van der Waals surface area contributed by atoms with E-state index in [0.29, 0.717) is 11.6 Å². The molecule has 124 valence electrons. The van der Waals surface area contributed by atoms with Gasteiger partial charge in [-0.1, -0.05) is 32.0 Å². The van der Waals surface area contributed by atoms with Crippen LogP contribution in [0.4, 0.5) is 17.1 Å². The Labute approximate surface area is 138 Å². The van der Waals surface area contributed by atoms with Crippen molar-refractivity contribution in [3.05, 3.63) is 64.2 Å². The molecular weight excluding hydrogens is 310 g/mol. The molecule has 0 atom stereocenters. The molecule has 0 saturated heterocycles. The van der Waals surface area contributed by atoms with E-state index in [9.17, 15) is 19.7 Å². The second-order valence-electron chi connectivity index (χ2n) is 5.49. The largest absolute Gasteiger partial charge is 0.318 e. The molecule has 0 fully saturated rings. The zero-order valence-corrected chi connectivity index (χ0v) is 13.3. The Balaban J connectivity index is 2.00. The minimum absolute atomic E-state index is 0.169. The molecule has 0 aliphatic carbocycles. The Bertz CT molecular complexity index is 770. The molecule has 2 N–H and O–H groups in total. The number of nitrogens with zero attached hydrogens (tertiary/aromatic N) is 1. The topological polar surface area (TPSA) is 101 Å². The second-order valence-corrected chi connectivity index (χ2v) is 5.49. The van der Waals surface area contributed by atoms with Gasteiger partial charge in [-0.15, -0.1) is 0 Å². The first kappa shape index (κ1) is 17.1. The van der Waals surface area contributed by atoms with E-state index in [-0.39, 0.29) is 11.4 Å². The third kappa shape index (κ3) is 4.39. The molecule has 2 amide bonds. The van der Waals surface area contributed by atoms with Crippen LogP contribution in [0.5, 0.6) is 0 Å². The molecule has 0 unspecified atom stereocenters. The summed E-state index contributed by atoms with van der Waals surface area (Å²) in [5.74, 6) is -1.38. The molecule has 2 aromatic carbocycles. The number of benzene rings is 2. The molecule has 0 spiro atoms. The molecule has 0 heterocycles. The number of nitrogens with one attached hydrogen (secondary N) is 2. The van der Waals surface area contributed by atoms with Crippen molar-refractivity contribution in [1.29, 1.82) is 0 Å². The fourth-order valence-corrected chi connectivity index (χ4v) is 2.02. The lowest BCUT2D eigenvalue weighted by Gasteiger charge is -2.09. The Hall–Kier alpha value is -3.22. The van der Waals surface area contributed by atoms with Gasteiger partial charge < -0.3 is 10.6 Å². The Morgan fingerprint density at radius 3 is 2.08 bits per heavy atom. The van der Waals surface area contributed by atoms with Gasteiger partial charge in [0.2, 0.25) is 0 Å². The third-order valence-electron chi connectivity index (χ3n) is 3.36. The third-order valence-corrected chi connectivity index (χ3v) is 3.36. The first-order chi connectivity index (χ1) is 11.4. The number of hydrogen-bond acceptors (Lipinski definition) is 4. The summed E-state index contributed by atoms with van der Waals surface area (Å²) < 4.78 is 0. The van der Waals surface area contributed by atoms with Crippen LogP contribution in [0.25, 0.3) is 0 Å². The fourth-order valence-electron chi connectivity index (χ4n) is 2.02. The van der Waals surface area contributed by atoms with Crippen molar-refractivity contribution in [1.82, 2.24) is 0 Å². The molecule has 7 nitrogen and oxygen atoms in total. The first-order valence-electron chi connectivity index (χ1n) is 7.33. The van der Waals surface area contributed by atoms with E-state index in [1.54, 1.807) is 12.1 Å². The molecule has 24 heavy (non-hydrogen) atoms. The van der Waals surface area contributed by atoms with Gasteiger partial charge in [-0.2, -0.15) is 0 Å². The fraction of sp³-hybridized carbons (Fsp3) is 0.176. The van der Waals surface area contributed by atoms with Crippen molar-refractivity contribution < 1.29 is 14.5 Å². The van der Waals surface area contributed by atoms with Gasteiger partial charge in [0.1, 0.15) is 0 Å². The summed E-state index contributed by atoms with van der Waals surface area (Å²) in [4.78, 5) is 33.9. The summed E-state index contributed by atoms with van der Waals surface area (Å²) in [7, 11) is 0. The van der Waals surface area contributed by atoms with Crippen molar-refractivity contribution >= 4 is 28.9 Å². The minimum Gasteiger partial charge on any atom is -0.318 e. The number of nitro groups is 1. The van der Waals surface area contributed by atoms with Crippen molar-refractivity contribution in [2.75, 3.05) is 10.6 Å². The molecular formula is C17H17N3O4. The Morgan fingerprint density at radius 2 is 1.54 bits per heavy atom. The predicted octanol–water partition coefficient (Wildman–Crippen LogP) is 3.30. The van der Waals surface area contributed by atoms with Gasteiger partial charge in [0.25, 0.3) is 5.69 Å². The van der Waals surface area contributed by atoms with E-state index >= 15 is 0 Å². The second kappa shape index (κ2) is 7.36. The highest BCUT2D eigenvalue weighted by Gasteiger charge is 2.15. The van der Waals surface area contributed by atoms with Crippen molar-refractivity contribution in [2.45, 2.75) is 19.8 Å². The summed E-state index contributed by atoms with van der Waals surface area (Å²) in [5, 5.41) is 15.5. The SMILES string of the molecule is CC(C)c1ccc(NC(=O)C(=O)Nc2cccc([N+](=O)[O-])c2)cc1. The maximum absolute atomic E-state index is 11.9. The van der Waals surface area contributed by atoms with Crippen molar-refractivity contribution in [3.8, 4) is 0 Å². The Morgan fingerprint density at radius 1 is 0.958 bits per heavy atom. The van der Waals surface area contributed by atoms with Crippen LogP contribution in [0.3, 0.4) is 0 Å². The van der Waals surface area contributed by atoms with Gasteiger partial charge in [0.15, 0.2) is 0 Å². The monoisotopic (exact) mass is 327 g/mol. The molecule has 0 aromatic heterocycles. The lowest BCUT2D eigenvalue weighted by atomic mass is 10.0. The highest BCUT2D eigenvalue weighted by Crippen LogP contribution is 2.18. The van der Waals surface area contributed by atoms with E-state index < -0.39 is 16.7 Å². The van der Waals surface area contributed by atoms with Crippen molar-refractivity contribution in [2.24, 2.45) is 0 Å². The molecule has 0 radical (unpaired) electrons. The maximum Gasteiger partial charge on any atom is 0.314 e. The number of nitro benzene ring substituents is 1. The summed E-state index contributed by atoms with van der Waals surface area (Å²) in [6, 6.07) is 12.6. The quantitative estimate of drug-likeness (QED) is 0.511. The van der Waals surface area contributed by atoms with E-state index in [2.05, 4.69) is 24.5 Å². The normalized spacial score (nSPS) is 10.3. The molecule has 2 rings (SSSR count). The van der Waals surface area contributed by atoms with E-state index in [1.165, 1.54) is 24.3 Å². The summed E-state index contributed by atoms with van der Waals surface area (Å²) >= 11 is 0. The zero-order chi connectivity index (χ0) is 17.7. The number of hydrogen-bond donors (Lipinski definition) is 2. The van der Waals surface area contributed by atoms with Gasteiger partial charge in [-0.05, 0) is 29.7 Å². The van der Waals surface area contributed by atoms with E-state index in [0.717, 1.165) is 5.56 Å². The summed E-state index contributed by atoms with van der Waals surface area (Å²) in [6.07, 6.45) is 0. The van der Waals surface area contributed by atoms with Crippen LogP contribution in [0.15, 0.2) is 48.5 Å². The standard InChI is InChI=1S/C17H17N3O4/c1-11(2)12-6-8-13(9-7-12)18-16(21)17(22)19-14-4-3-5-15(10-14)20(23)24/h3-11H,1-2H3,(H,18,21)(H,19,22). The molecule has 2 aromatic rings. The average molecular weight is 327 g/mol. The van der Waals surface area contributed by atoms with Gasteiger partial charge in [0, 0.05) is 23.5 Å². The average Bonchev–Trinajstić information content (AvgIpc) is 2.55. The van der Waals surface area contributed by atoms with Gasteiger partial charge in [0.05, 0.1) is 4.92 Å². The number of non-ortho nitro benzene ring substituents is 1. The molecule has 0 aliphatic heterocycles.